The fourth-order valence-electron chi connectivity index (χ4n) is 2.58. The van der Waals surface area contributed by atoms with Crippen molar-refractivity contribution in [2.75, 3.05) is 5.32 Å². The molecule has 138 valence electrons. The van der Waals surface area contributed by atoms with E-state index in [1.54, 1.807) is 25.1 Å². The number of aromatic nitrogens is 1. The number of anilines is 1. The van der Waals surface area contributed by atoms with E-state index in [1.807, 2.05) is 42.5 Å². The van der Waals surface area contributed by atoms with Crippen LogP contribution in [-0.2, 0) is 17.8 Å². The molecule has 0 fully saturated rings. The Morgan fingerprint density at radius 2 is 1.74 bits per heavy atom. The molecule has 2 amide bonds. The summed E-state index contributed by atoms with van der Waals surface area (Å²) < 4.78 is 4.92. The van der Waals surface area contributed by atoms with Gasteiger partial charge in [-0.3, -0.25) is 9.59 Å². The molecule has 0 bridgehead atoms. The fraction of sp³-hybridized carbons (Fsp3) is 0.190. The van der Waals surface area contributed by atoms with Crippen molar-refractivity contribution in [3.05, 3.63) is 83.1 Å². The molecule has 0 spiro atoms. The Kier molecular flexibility index (Phi) is 5.99. The van der Waals surface area contributed by atoms with E-state index in [4.69, 9.17) is 4.52 Å². The van der Waals surface area contributed by atoms with Crippen molar-refractivity contribution in [1.82, 2.24) is 10.5 Å². The lowest BCUT2D eigenvalue weighted by atomic mass is 10.1. The van der Waals surface area contributed by atoms with Gasteiger partial charge in [-0.25, -0.2) is 0 Å². The van der Waals surface area contributed by atoms with Crippen molar-refractivity contribution < 1.29 is 14.1 Å². The Hall–Kier alpha value is -3.41. The van der Waals surface area contributed by atoms with Gasteiger partial charge in [-0.1, -0.05) is 47.6 Å². The monoisotopic (exact) mass is 363 g/mol. The highest BCUT2D eigenvalue weighted by Crippen LogP contribution is 2.11. The number of hydrogen-bond acceptors (Lipinski definition) is 4. The molecule has 0 radical (unpaired) electrons. The van der Waals surface area contributed by atoms with Crippen LogP contribution in [0.1, 0.15) is 33.7 Å². The molecule has 0 saturated heterocycles. The van der Waals surface area contributed by atoms with Crippen molar-refractivity contribution >= 4 is 17.6 Å². The van der Waals surface area contributed by atoms with Crippen LogP contribution in [0.15, 0.2) is 65.2 Å². The van der Waals surface area contributed by atoms with Gasteiger partial charge in [0, 0.05) is 24.6 Å². The first kappa shape index (κ1) is 18.4. The number of carbonyl (C=O) groups excluding carboxylic acids is 2. The Morgan fingerprint density at radius 3 is 2.41 bits per heavy atom. The molecule has 0 aliphatic heterocycles. The summed E-state index contributed by atoms with van der Waals surface area (Å²) in [5.41, 5.74) is 2.58. The summed E-state index contributed by atoms with van der Waals surface area (Å²) in [6.07, 6.45) is 1.16. The van der Waals surface area contributed by atoms with Gasteiger partial charge in [0.1, 0.15) is 5.76 Å². The van der Waals surface area contributed by atoms with Gasteiger partial charge in [-0.15, -0.1) is 0 Å². The van der Waals surface area contributed by atoms with Crippen LogP contribution in [0.25, 0.3) is 0 Å². The maximum atomic E-state index is 12.2. The van der Waals surface area contributed by atoms with E-state index in [1.165, 1.54) is 0 Å². The van der Waals surface area contributed by atoms with E-state index in [0.29, 0.717) is 36.5 Å². The van der Waals surface area contributed by atoms with Crippen LogP contribution < -0.4 is 10.6 Å². The van der Waals surface area contributed by atoms with Crippen LogP contribution in [0.2, 0.25) is 0 Å². The van der Waals surface area contributed by atoms with Crippen molar-refractivity contribution in [3.8, 4) is 0 Å². The van der Waals surface area contributed by atoms with Gasteiger partial charge >= 0.3 is 0 Å². The average Bonchev–Trinajstić information content (AvgIpc) is 3.10. The highest BCUT2D eigenvalue weighted by Gasteiger charge is 2.09. The molecule has 27 heavy (non-hydrogen) atoms. The number of carbonyl (C=O) groups is 2. The lowest BCUT2D eigenvalue weighted by Gasteiger charge is -2.07. The maximum absolute atomic E-state index is 12.2. The minimum atomic E-state index is -0.262. The minimum absolute atomic E-state index is 0.00192. The first-order chi connectivity index (χ1) is 13.1. The number of hydrogen-bond donors (Lipinski definition) is 2. The van der Waals surface area contributed by atoms with E-state index in [-0.39, 0.29) is 11.8 Å². The molecule has 3 rings (SSSR count). The summed E-state index contributed by atoms with van der Waals surface area (Å²) in [7, 11) is 0. The van der Waals surface area contributed by atoms with Gasteiger partial charge in [0.05, 0.1) is 0 Å². The second kappa shape index (κ2) is 8.80. The van der Waals surface area contributed by atoms with E-state index < -0.39 is 0 Å². The molecule has 0 saturated carbocycles. The van der Waals surface area contributed by atoms with Crippen molar-refractivity contribution in [3.63, 3.8) is 0 Å². The van der Waals surface area contributed by atoms with E-state index in [0.717, 1.165) is 11.1 Å². The average molecular weight is 363 g/mol. The highest BCUT2D eigenvalue weighted by molar-refractivity contribution is 6.03. The molecule has 1 heterocycles. The number of nitrogens with one attached hydrogen (secondary N) is 2. The Morgan fingerprint density at radius 1 is 1.00 bits per heavy atom. The Labute approximate surface area is 157 Å². The summed E-state index contributed by atoms with van der Waals surface area (Å²) in [5.74, 6) is 0.750. The molecule has 0 unspecified atom stereocenters. The van der Waals surface area contributed by atoms with Gasteiger partial charge in [-0.2, -0.15) is 0 Å². The Bertz CT molecular complexity index is 902. The molecule has 0 aliphatic rings. The summed E-state index contributed by atoms with van der Waals surface area (Å²) in [6, 6.07) is 18.6. The molecule has 2 N–H and O–H groups in total. The third-order valence-corrected chi connectivity index (χ3v) is 4.06. The standard InChI is InChI=1S/C21H21N3O3/c1-15-13-19(24-27-15)23-21(26)18-10-7-17(8-11-18)14-22-20(25)12-9-16-5-3-2-4-6-16/h2-8,10-11,13H,9,12,14H2,1H3,(H,22,25)(H,23,24,26). The second-order valence-electron chi connectivity index (χ2n) is 6.24. The molecule has 0 atom stereocenters. The van der Waals surface area contributed by atoms with Crippen LogP contribution in [0.4, 0.5) is 5.82 Å². The summed E-state index contributed by atoms with van der Waals surface area (Å²) in [5, 5.41) is 9.30. The molecule has 1 aromatic heterocycles. The topological polar surface area (TPSA) is 84.2 Å². The van der Waals surface area contributed by atoms with Crippen LogP contribution in [-0.4, -0.2) is 17.0 Å². The molecule has 0 aliphatic carbocycles. The normalized spacial score (nSPS) is 10.4. The number of benzene rings is 2. The third-order valence-electron chi connectivity index (χ3n) is 4.06. The van der Waals surface area contributed by atoms with Gasteiger partial charge < -0.3 is 15.2 Å². The zero-order valence-electron chi connectivity index (χ0n) is 15.1. The van der Waals surface area contributed by atoms with Gasteiger partial charge in [0.15, 0.2) is 5.82 Å². The SMILES string of the molecule is Cc1cc(NC(=O)c2ccc(CNC(=O)CCc3ccccc3)cc2)no1. The van der Waals surface area contributed by atoms with Crippen LogP contribution >= 0.6 is 0 Å². The lowest BCUT2D eigenvalue weighted by Crippen LogP contribution is -2.23. The number of amides is 2. The third kappa shape index (κ3) is 5.54. The van der Waals surface area contributed by atoms with Crippen LogP contribution in [0.3, 0.4) is 0 Å². The highest BCUT2D eigenvalue weighted by atomic mass is 16.5. The number of nitrogens with zero attached hydrogens (tertiary/aromatic N) is 1. The van der Waals surface area contributed by atoms with Crippen LogP contribution in [0, 0.1) is 6.92 Å². The van der Waals surface area contributed by atoms with Gasteiger partial charge in [0.2, 0.25) is 5.91 Å². The molecular weight excluding hydrogens is 342 g/mol. The summed E-state index contributed by atoms with van der Waals surface area (Å²) in [4.78, 5) is 24.1. The predicted molar refractivity (Wildman–Crippen MR) is 102 cm³/mol. The zero-order chi connectivity index (χ0) is 19.1. The number of rotatable bonds is 7. The quantitative estimate of drug-likeness (QED) is 0.673. The minimum Gasteiger partial charge on any atom is -0.360 e. The van der Waals surface area contributed by atoms with Crippen LogP contribution in [0.5, 0.6) is 0 Å². The van der Waals surface area contributed by atoms with Crippen molar-refractivity contribution in [2.45, 2.75) is 26.3 Å². The van der Waals surface area contributed by atoms with Crippen molar-refractivity contribution in [1.29, 1.82) is 0 Å². The van der Waals surface area contributed by atoms with E-state index in [9.17, 15) is 9.59 Å². The fourth-order valence-corrected chi connectivity index (χ4v) is 2.58. The molecule has 6 heteroatoms. The smallest absolute Gasteiger partial charge is 0.256 e. The molecule has 3 aromatic rings. The summed E-state index contributed by atoms with van der Waals surface area (Å²) in [6.45, 7) is 2.18. The van der Waals surface area contributed by atoms with Gasteiger partial charge in [0.25, 0.3) is 5.91 Å². The maximum Gasteiger partial charge on any atom is 0.256 e. The van der Waals surface area contributed by atoms with E-state index in [2.05, 4.69) is 15.8 Å². The molecular formula is C21H21N3O3. The van der Waals surface area contributed by atoms with Gasteiger partial charge in [-0.05, 0) is 36.6 Å². The second-order valence-corrected chi connectivity index (χ2v) is 6.24. The predicted octanol–water partition coefficient (Wildman–Crippen LogP) is 3.48. The summed E-state index contributed by atoms with van der Waals surface area (Å²) >= 11 is 0. The van der Waals surface area contributed by atoms with Crippen molar-refractivity contribution in [2.24, 2.45) is 0 Å². The molecule has 2 aromatic carbocycles. The first-order valence-electron chi connectivity index (χ1n) is 8.74. The lowest BCUT2D eigenvalue weighted by molar-refractivity contribution is -0.121. The first-order valence-corrected chi connectivity index (χ1v) is 8.74. The Balaban J connectivity index is 1.45. The largest absolute Gasteiger partial charge is 0.360 e. The molecule has 6 nitrogen and oxygen atoms in total. The number of aryl methyl sites for hydroxylation is 2. The zero-order valence-corrected chi connectivity index (χ0v) is 15.1. The van der Waals surface area contributed by atoms with E-state index >= 15 is 0 Å².